The van der Waals surface area contributed by atoms with Crippen molar-refractivity contribution in [3.63, 3.8) is 0 Å². The molecule has 0 radical (unpaired) electrons. The first kappa shape index (κ1) is 9.92. The van der Waals surface area contributed by atoms with Gasteiger partial charge in [0.25, 0.3) is 0 Å². The van der Waals surface area contributed by atoms with E-state index in [1.54, 1.807) is 6.20 Å². The zero-order chi connectivity index (χ0) is 10.7. The van der Waals surface area contributed by atoms with E-state index in [1.165, 1.54) is 0 Å². The van der Waals surface area contributed by atoms with Crippen LogP contribution in [0, 0.1) is 6.92 Å². The van der Waals surface area contributed by atoms with Crippen LogP contribution in [0.15, 0.2) is 22.9 Å². The largest absolute Gasteiger partial charge is 0.360 e. The Bertz CT molecular complexity index is 407. The average Bonchev–Trinajstić information content (AvgIpc) is 2.84. The Labute approximate surface area is 87.9 Å². The molecule has 1 atom stereocenters. The number of rotatable bonds is 4. The van der Waals surface area contributed by atoms with E-state index in [-0.39, 0.29) is 6.04 Å². The van der Waals surface area contributed by atoms with Gasteiger partial charge < -0.3 is 9.84 Å². The van der Waals surface area contributed by atoms with Crippen molar-refractivity contribution in [1.82, 2.24) is 20.7 Å². The molecule has 2 heterocycles. The summed E-state index contributed by atoms with van der Waals surface area (Å²) in [5.74, 6) is 0.846. The van der Waals surface area contributed by atoms with Crippen LogP contribution in [0.2, 0.25) is 0 Å². The maximum atomic E-state index is 5.09. The van der Waals surface area contributed by atoms with Crippen molar-refractivity contribution in [2.24, 2.45) is 0 Å². The van der Waals surface area contributed by atoms with Crippen molar-refractivity contribution in [1.29, 1.82) is 0 Å². The van der Waals surface area contributed by atoms with E-state index in [0.29, 0.717) is 6.54 Å². The van der Waals surface area contributed by atoms with Crippen LogP contribution in [0.4, 0.5) is 0 Å². The zero-order valence-electron chi connectivity index (χ0n) is 8.82. The summed E-state index contributed by atoms with van der Waals surface area (Å²) in [6, 6.07) is 4.09. The SMILES string of the molecule is Cc1cc(CNC(C)c2ccn[nH]2)on1. The Morgan fingerprint density at radius 3 is 3.07 bits per heavy atom. The van der Waals surface area contributed by atoms with Crippen LogP contribution < -0.4 is 5.32 Å². The summed E-state index contributed by atoms with van der Waals surface area (Å²) in [5, 5.41) is 14.0. The molecule has 0 saturated heterocycles. The van der Waals surface area contributed by atoms with E-state index < -0.39 is 0 Å². The number of hydrogen-bond acceptors (Lipinski definition) is 4. The molecule has 80 valence electrons. The standard InChI is InChI=1S/C10H14N4O/c1-7-5-9(15-14-7)6-11-8(2)10-3-4-12-13-10/h3-5,8,11H,6H2,1-2H3,(H,12,13). The maximum Gasteiger partial charge on any atom is 0.150 e. The molecule has 0 aliphatic heterocycles. The second kappa shape index (κ2) is 4.27. The van der Waals surface area contributed by atoms with Crippen LogP contribution >= 0.6 is 0 Å². The maximum absolute atomic E-state index is 5.09. The van der Waals surface area contributed by atoms with Crippen LogP contribution in [0.5, 0.6) is 0 Å². The molecule has 1 unspecified atom stereocenters. The minimum absolute atomic E-state index is 0.220. The molecule has 2 aromatic heterocycles. The van der Waals surface area contributed by atoms with Crippen molar-refractivity contribution < 1.29 is 4.52 Å². The average molecular weight is 206 g/mol. The quantitative estimate of drug-likeness (QED) is 0.796. The van der Waals surface area contributed by atoms with Gasteiger partial charge in [0.1, 0.15) is 0 Å². The molecule has 0 bridgehead atoms. The minimum Gasteiger partial charge on any atom is -0.360 e. The second-order valence-corrected chi connectivity index (χ2v) is 3.55. The van der Waals surface area contributed by atoms with Gasteiger partial charge >= 0.3 is 0 Å². The summed E-state index contributed by atoms with van der Waals surface area (Å²) in [6.07, 6.45) is 1.74. The third-order valence-electron chi connectivity index (χ3n) is 2.25. The van der Waals surface area contributed by atoms with E-state index in [2.05, 4.69) is 27.6 Å². The first-order chi connectivity index (χ1) is 7.25. The summed E-state index contributed by atoms with van der Waals surface area (Å²) < 4.78 is 5.09. The Kier molecular flexibility index (Phi) is 2.82. The molecule has 0 aromatic carbocycles. The van der Waals surface area contributed by atoms with Crippen molar-refractivity contribution >= 4 is 0 Å². The fraction of sp³-hybridized carbons (Fsp3) is 0.400. The van der Waals surface area contributed by atoms with Crippen molar-refractivity contribution in [3.05, 3.63) is 35.5 Å². The Morgan fingerprint density at radius 2 is 2.47 bits per heavy atom. The molecule has 0 amide bonds. The van der Waals surface area contributed by atoms with Gasteiger partial charge in [-0.1, -0.05) is 5.16 Å². The van der Waals surface area contributed by atoms with Crippen LogP contribution in [0.3, 0.4) is 0 Å². The Balaban J connectivity index is 1.88. The van der Waals surface area contributed by atoms with Crippen LogP contribution in [0.1, 0.15) is 30.1 Å². The fourth-order valence-electron chi connectivity index (χ4n) is 1.37. The van der Waals surface area contributed by atoms with Gasteiger partial charge in [0, 0.05) is 18.3 Å². The van der Waals surface area contributed by atoms with E-state index in [4.69, 9.17) is 4.52 Å². The molecular weight excluding hydrogens is 192 g/mol. The van der Waals surface area contributed by atoms with Crippen LogP contribution in [-0.2, 0) is 6.54 Å². The molecule has 5 nitrogen and oxygen atoms in total. The number of hydrogen-bond donors (Lipinski definition) is 2. The highest BCUT2D eigenvalue weighted by Crippen LogP contribution is 2.09. The lowest BCUT2D eigenvalue weighted by Gasteiger charge is -2.09. The third-order valence-corrected chi connectivity index (χ3v) is 2.25. The lowest BCUT2D eigenvalue weighted by molar-refractivity contribution is 0.362. The van der Waals surface area contributed by atoms with Crippen LogP contribution in [-0.4, -0.2) is 15.4 Å². The van der Waals surface area contributed by atoms with Gasteiger partial charge in [-0.25, -0.2) is 0 Å². The number of aromatic nitrogens is 3. The van der Waals surface area contributed by atoms with Gasteiger partial charge in [-0.2, -0.15) is 5.10 Å². The molecule has 2 aromatic rings. The number of nitrogens with one attached hydrogen (secondary N) is 2. The normalized spacial score (nSPS) is 12.9. The molecule has 0 saturated carbocycles. The smallest absolute Gasteiger partial charge is 0.150 e. The van der Waals surface area contributed by atoms with Crippen LogP contribution in [0.25, 0.3) is 0 Å². The first-order valence-electron chi connectivity index (χ1n) is 4.90. The van der Waals surface area contributed by atoms with E-state index >= 15 is 0 Å². The highest BCUT2D eigenvalue weighted by atomic mass is 16.5. The van der Waals surface area contributed by atoms with Gasteiger partial charge in [0.2, 0.25) is 0 Å². The highest BCUT2D eigenvalue weighted by Gasteiger charge is 2.07. The number of H-pyrrole nitrogens is 1. The molecule has 5 heteroatoms. The van der Waals surface area contributed by atoms with Gasteiger partial charge in [0.05, 0.1) is 17.9 Å². The number of aromatic amines is 1. The second-order valence-electron chi connectivity index (χ2n) is 3.55. The summed E-state index contributed by atoms with van der Waals surface area (Å²) >= 11 is 0. The third kappa shape index (κ3) is 2.44. The van der Waals surface area contributed by atoms with Crippen molar-refractivity contribution in [2.45, 2.75) is 26.4 Å². The summed E-state index contributed by atoms with van der Waals surface area (Å²) in [6.45, 7) is 4.64. The fourth-order valence-corrected chi connectivity index (χ4v) is 1.37. The summed E-state index contributed by atoms with van der Waals surface area (Å²) in [7, 11) is 0. The van der Waals surface area contributed by atoms with Gasteiger partial charge in [-0.15, -0.1) is 0 Å². The molecule has 15 heavy (non-hydrogen) atoms. The molecule has 0 spiro atoms. The Hall–Kier alpha value is -1.62. The van der Waals surface area contributed by atoms with E-state index in [9.17, 15) is 0 Å². The van der Waals surface area contributed by atoms with E-state index in [0.717, 1.165) is 17.1 Å². The molecule has 2 rings (SSSR count). The lowest BCUT2D eigenvalue weighted by Crippen LogP contribution is -2.18. The predicted octanol–water partition coefficient (Wildman–Crippen LogP) is 1.56. The number of aryl methyl sites for hydroxylation is 1. The molecule has 0 aliphatic carbocycles. The van der Waals surface area contributed by atoms with Gasteiger partial charge in [-0.3, -0.25) is 5.10 Å². The molecule has 2 N–H and O–H groups in total. The molecular formula is C10H14N4O. The zero-order valence-corrected chi connectivity index (χ0v) is 8.82. The predicted molar refractivity (Wildman–Crippen MR) is 55.1 cm³/mol. The Morgan fingerprint density at radius 1 is 1.60 bits per heavy atom. The summed E-state index contributed by atoms with van der Waals surface area (Å²) in [5.41, 5.74) is 1.97. The highest BCUT2D eigenvalue weighted by molar-refractivity contribution is 5.06. The van der Waals surface area contributed by atoms with E-state index in [1.807, 2.05) is 19.1 Å². The summed E-state index contributed by atoms with van der Waals surface area (Å²) in [4.78, 5) is 0. The van der Waals surface area contributed by atoms with Crippen molar-refractivity contribution in [3.8, 4) is 0 Å². The first-order valence-corrected chi connectivity index (χ1v) is 4.90. The molecule has 0 fully saturated rings. The molecule has 0 aliphatic rings. The van der Waals surface area contributed by atoms with Gasteiger partial charge in [0.15, 0.2) is 5.76 Å². The van der Waals surface area contributed by atoms with Crippen molar-refractivity contribution in [2.75, 3.05) is 0 Å². The minimum atomic E-state index is 0.220. The number of nitrogens with zero attached hydrogens (tertiary/aromatic N) is 2. The topological polar surface area (TPSA) is 66.7 Å². The monoisotopic (exact) mass is 206 g/mol. The van der Waals surface area contributed by atoms with Gasteiger partial charge in [-0.05, 0) is 19.9 Å². The lowest BCUT2D eigenvalue weighted by atomic mass is 10.2.